The number of carbonyl (C=O) groups is 2. The molecule has 1 fully saturated rings. The molecule has 1 aromatic rings. The van der Waals surface area contributed by atoms with Crippen molar-refractivity contribution in [1.29, 1.82) is 0 Å². The topological polar surface area (TPSA) is 84.4 Å². The molecule has 1 atom stereocenters. The SMILES string of the molecule is O=C1CCCc2nc(N3CC(S(=O)(=O)F)CC3=O)sc21. The Kier molecular flexibility index (Phi) is 3.13. The summed E-state index contributed by atoms with van der Waals surface area (Å²) in [4.78, 5) is 29.5. The molecule has 0 bridgehead atoms. The lowest BCUT2D eigenvalue weighted by Crippen LogP contribution is -2.26. The smallest absolute Gasteiger partial charge is 0.293 e. The highest BCUT2D eigenvalue weighted by atomic mass is 32.3. The number of thiazole rings is 1. The minimum Gasteiger partial charge on any atom is -0.293 e. The normalized spacial score (nSPS) is 23.2. The molecule has 1 aromatic heterocycles. The Bertz CT molecular complexity index is 697. The van der Waals surface area contributed by atoms with Crippen molar-refractivity contribution in [2.24, 2.45) is 0 Å². The molecule has 1 saturated heterocycles. The van der Waals surface area contributed by atoms with Crippen LogP contribution < -0.4 is 4.90 Å². The second-order valence-corrected chi connectivity index (χ2v) is 7.45. The summed E-state index contributed by atoms with van der Waals surface area (Å²) in [5.41, 5.74) is 0.653. The first-order valence-electron chi connectivity index (χ1n) is 6.13. The molecule has 1 unspecified atom stereocenters. The van der Waals surface area contributed by atoms with Gasteiger partial charge in [0.15, 0.2) is 10.9 Å². The second kappa shape index (κ2) is 4.59. The van der Waals surface area contributed by atoms with Gasteiger partial charge in [-0.3, -0.25) is 14.5 Å². The molecule has 1 amide bonds. The number of carbonyl (C=O) groups excluding carboxylic acids is 2. The Balaban J connectivity index is 1.91. The quantitative estimate of drug-likeness (QED) is 0.762. The molecule has 2 heterocycles. The number of hydrogen-bond donors (Lipinski definition) is 0. The Morgan fingerprint density at radius 2 is 2.05 bits per heavy atom. The van der Waals surface area contributed by atoms with Crippen LogP contribution >= 0.6 is 11.3 Å². The monoisotopic (exact) mass is 318 g/mol. The van der Waals surface area contributed by atoms with Crippen LogP contribution in [0.1, 0.15) is 34.6 Å². The third kappa shape index (κ3) is 2.24. The lowest BCUT2D eigenvalue weighted by Gasteiger charge is -2.11. The second-order valence-electron chi connectivity index (χ2n) is 4.86. The molecular weight excluding hydrogens is 307 g/mol. The van der Waals surface area contributed by atoms with E-state index in [9.17, 15) is 21.9 Å². The highest BCUT2D eigenvalue weighted by molar-refractivity contribution is 7.87. The van der Waals surface area contributed by atoms with Crippen molar-refractivity contribution in [3.8, 4) is 0 Å². The average Bonchev–Trinajstić information content (AvgIpc) is 2.92. The van der Waals surface area contributed by atoms with E-state index < -0.39 is 21.4 Å². The van der Waals surface area contributed by atoms with Gasteiger partial charge >= 0.3 is 10.2 Å². The van der Waals surface area contributed by atoms with Crippen LogP contribution in [0, 0.1) is 0 Å². The number of amides is 1. The molecule has 0 spiro atoms. The van der Waals surface area contributed by atoms with Crippen LogP contribution in [0.5, 0.6) is 0 Å². The van der Waals surface area contributed by atoms with E-state index in [1.54, 1.807) is 0 Å². The molecule has 1 aliphatic heterocycles. The van der Waals surface area contributed by atoms with Crippen molar-refractivity contribution in [3.05, 3.63) is 10.6 Å². The summed E-state index contributed by atoms with van der Waals surface area (Å²) < 4.78 is 34.7. The van der Waals surface area contributed by atoms with Crippen molar-refractivity contribution >= 4 is 38.4 Å². The van der Waals surface area contributed by atoms with Gasteiger partial charge in [-0.1, -0.05) is 11.3 Å². The molecule has 0 aromatic carbocycles. The van der Waals surface area contributed by atoms with Crippen molar-refractivity contribution in [1.82, 2.24) is 4.98 Å². The molecule has 9 heteroatoms. The summed E-state index contributed by atoms with van der Waals surface area (Å²) in [5, 5.41) is -1.05. The van der Waals surface area contributed by atoms with Crippen molar-refractivity contribution < 1.29 is 21.9 Å². The number of nitrogens with zero attached hydrogens (tertiary/aromatic N) is 2. The van der Waals surface area contributed by atoms with Gasteiger partial charge in [-0.25, -0.2) is 4.98 Å². The van der Waals surface area contributed by atoms with Gasteiger partial charge in [-0.15, -0.1) is 3.89 Å². The molecule has 0 saturated carbocycles. The minimum atomic E-state index is -4.74. The van der Waals surface area contributed by atoms with E-state index >= 15 is 0 Å². The third-order valence-electron chi connectivity index (χ3n) is 3.48. The molecule has 6 nitrogen and oxygen atoms in total. The van der Waals surface area contributed by atoms with E-state index in [1.165, 1.54) is 0 Å². The van der Waals surface area contributed by atoms with Crippen LogP contribution in [0.4, 0.5) is 9.02 Å². The summed E-state index contributed by atoms with van der Waals surface area (Å²) in [6.07, 6.45) is 1.48. The molecular formula is C11H11FN2O4S2. The summed E-state index contributed by atoms with van der Waals surface area (Å²) in [6.45, 7) is -0.238. The lowest BCUT2D eigenvalue weighted by molar-refractivity contribution is -0.117. The number of aryl methyl sites for hydroxylation is 1. The van der Waals surface area contributed by atoms with Gasteiger partial charge in [0.05, 0.1) is 10.6 Å². The van der Waals surface area contributed by atoms with Gasteiger partial charge in [-0.2, -0.15) is 8.42 Å². The van der Waals surface area contributed by atoms with E-state index in [0.29, 0.717) is 28.5 Å². The van der Waals surface area contributed by atoms with Gasteiger partial charge in [0, 0.05) is 19.4 Å². The molecule has 20 heavy (non-hydrogen) atoms. The van der Waals surface area contributed by atoms with Crippen molar-refractivity contribution in [2.45, 2.75) is 30.9 Å². The Morgan fingerprint density at radius 1 is 1.30 bits per heavy atom. The lowest BCUT2D eigenvalue weighted by atomic mass is 10.0. The molecule has 1 aliphatic carbocycles. The van der Waals surface area contributed by atoms with E-state index in [4.69, 9.17) is 0 Å². The fraction of sp³-hybridized carbons (Fsp3) is 0.545. The first-order valence-corrected chi connectivity index (χ1v) is 8.39. The zero-order chi connectivity index (χ0) is 14.5. The molecule has 0 radical (unpaired) electrons. The number of Topliss-reactive ketones (excluding diaryl/α,β-unsaturated/α-hetero) is 1. The number of rotatable bonds is 2. The molecule has 0 N–H and O–H groups in total. The molecule has 108 valence electrons. The number of hydrogen-bond acceptors (Lipinski definition) is 6. The molecule has 3 rings (SSSR count). The van der Waals surface area contributed by atoms with Crippen LogP contribution in [-0.4, -0.2) is 36.9 Å². The van der Waals surface area contributed by atoms with E-state index in [2.05, 4.69) is 4.98 Å². The fourth-order valence-electron chi connectivity index (χ4n) is 2.42. The van der Waals surface area contributed by atoms with Gasteiger partial charge in [-0.05, 0) is 12.8 Å². The number of halogens is 1. The first-order chi connectivity index (χ1) is 9.36. The fourth-order valence-corrected chi connectivity index (χ4v) is 4.20. The van der Waals surface area contributed by atoms with Gasteiger partial charge in [0.2, 0.25) is 5.91 Å². The first kappa shape index (κ1) is 13.6. The zero-order valence-electron chi connectivity index (χ0n) is 10.3. The highest BCUT2D eigenvalue weighted by Gasteiger charge is 2.40. The minimum absolute atomic E-state index is 0.00342. The third-order valence-corrected chi connectivity index (χ3v) is 5.75. The summed E-state index contributed by atoms with van der Waals surface area (Å²) in [7, 11) is -4.74. The van der Waals surface area contributed by atoms with E-state index in [0.717, 1.165) is 22.7 Å². The number of ketones is 1. The predicted molar refractivity (Wildman–Crippen MR) is 70.2 cm³/mol. The van der Waals surface area contributed by atoms with E-state index in [-0.39, 0.29) is 18.7 Å². The number of fused-ring (bicyclic) bond motifs is 1. The van der Waals surface area contributed by atoms with Crippen LogP contribution in [-0.2, 0) is 21.4 Å². The maximum atomic E-state index is 13.0. The molecule has 2 aliphatic rings. The zero-order valence-corrected chi connectivity index (χ0v) is 12.0. The van der Waals surface area contributed by atoms with Crippen LogP contribution in [0.3, 0.4) is 0 Å². The van der Waals surface area contributed by atoms with Gasteiger partial charge < -0.3 is 0 Å². The van der Waals surface area contributed by atoms with Crippen molar-refractivity contribution in [3.63, 3.8) is 0 Å². The van der Waals surface area contributed by atoms with Crippen LogP contribution in [0.25, 0.3) is 0 Å². The Morgan fingerprint density at radius 3 is 2.65 bits per heavy atom. The maximum Gasteiger partial charge on any atom is 0.307 e. The van der Waals surface area contributed by atoms with Crippen molar-refractivity contribution in [2.75, 3.05) is 11.4 Å². The summed E-state index contributed by atoms with van der Waals surface area (Å²) >= 11 is 1.08. The Hall–Kier alpha value is -1.35. The summed E-state index contributed by atoms with van der Waals surface area (Å²) in [5.74, 6) is -0.480. The van der Waals surface area contributed by atoms with Crippen LogP contribution in [0.15, 0.2) is 0 Å². The standard InChI is InChI=1S/C11H11FN2O4S2/c12-20(17,18)6-4-9(16)14(5-6)11-13-7-2-1-3-8(15)10(7)19-11/h6H,1-5H2. The van der Waals surface area contributed by atoms with Gasteiger partial charge in [0.1, 0.15) is 5.25 Å². The summed E-state index contributed by atoms with van der Waals surface area (Å²) in [6, 6.07) is 0. The number of aromatic nitrogens is 1. The van der Waals surface area contributed by atoms with Gasteiger partial charge in [0.25, 0.3) is 0 Å². The van der Waals surface area contributed by atoms with E-state index in [1.807, 2.05) is 0 Å². The van der Waals surface area contributed by atoms with Crippen LogP contribution in [0.2, 0.25) is 0 Å². The predicted octanol–water partition coefficient (Wildman–Crippen LogP) is 1.07. The number of anilines is 1. The average molecular weight is 318 g/mol. The maximum absolute atomic E-state index is 13.0. The highest BCUT2D eigenvalue weighted by Crippen LogP contribution is 2.34. The largest absolute Gasteiger partial charge is 0.307 e. The Labute approximate surface area is 118 Å².